The van der Waals surface area contributed by atoms with Gasteiger partial charge in [0.15, 0.2) is 0 Å². The highest BCUT2D eigenvalue weighted by Crippen LogP contribution is 2.13. The van der Waals surface area contributed by atoms with Crippen LogP contribution >= 0.6 is 0 Å². The Hall–Kier alpha value is -0.930. The summed E-state index contributed by atoms with van der Waals surface area (Å²) < 4.78 is 19.0. The Kier molecular flexibility index (Phi) is 4.72. The fraction of sp³-hybridized carbons (Fsp3) is 0.500. The van der Waals surface area contributed by atoms with Crippen LogP contribution in [-0.2, 0) is 17.9 Å². The third-order valence-electron chi connectivity index (χ3n) is 2.09. The van der Waals surface area contributed by atoms with Gasteiger partial charge >= 0.3 is 0 Å². The third-order valence-corrected chi connectivity index (χ3v) is 2.09. The number of hydrogen-bond acceptors (Lipinski definition) is 2. The third kappa shape index (κ3) is 3.61. The molecule has 0 aliphatic rings. The van der Waals surface area contributed by atoms with E-state index < -0.39 is 0 Å². The van der Waals surface area contributed by atoms with E-state index in [1.165, 1.54) is 0 Å². The molecule has 1 aromatic rings. The summed E-state index contributed by atoms with van der Waals surface area (Å²) in [5.41, 5.74) is 6.54. The molecule has 2 nitrogen and oxygen atoms in total. The summed E-state index contributed by atoms with van der Waals surface area (Å²) in [7, 11) is 0. The first-order valence-corrected chi connectivity index (χ1v) is 5.19. The molecule has 0 heterocycles. The minimum absolute atomic E-state index is 0.226. The Morgan fingerprint density at radius 1 is 1.33 bits per heavy atom. The number of hydrogen-bond donors (Lipinski definition) is 1. The van der Waals surface area contributed by atoms with Crippen molar-refractivity contribution in [3.63, 3.8) is 0 Å². The van der Waals surface area contributed by atoms with Gasteiger partial charge in [-0.2, -0.15) is 0 Å². The monoisotopic (exact) mass is 211 g/mol. The molecule has 0 radical (unpaired) electrons. The fourth-order valence-electron chi connectivity index (χ4n) is 1.31. The molecule has 1 aromatic carbocycles. The predicted octanol–water partition coefficient (Wildman–Crippen LogP) is 2.46. The van der Waals surface area contributed by atoms with Crippen LogP contribution in [0.5, 0.6) is 0 Å². The number of benzene rings is 1. The van der Waals surface area contributed by atoms with Crippen molar-refractivity contribution in [2.24, 2.45) is 11.7 Å². The molecule has 1 rings (SSSR count). The lowest BCUT2D eigenvalue weighted by Gasteiger charge is -2.09. The molecule has 2 N–H and O–H groups in total. The molecule has 0 bridgehead atoms. The van der Waals surface area contributed by atoms with Gasteiger partial charge < -0.3 is 10.5 Å². The number of rotatable bonds is 5. The topological polar surface area (TPSA) is 35.2 Å². The average molecular weight is 211 g/mol. The van der Waals surface area contributed by atoms with Crippen LogP contribution in [-0.4, -0.2) is 6.61 Å². The molecule has 0 saturated carbocycles. The second-order valence-corrected chi connectivity index (χ2v) is 4.00. The van der Waals surface area contributed by atoms with Crippen molar-refractivity contribution in [3.05, 3.63) is 35.1 Å². The van der Waals surface area contributed by atoms with Gasteiger partial charge in [-0.05, 0) is 5.92 Å². The maximum Gasteiger partial charge on any atom is 0.133 e. The summed E-state index contributed by atoms with van der Waals surface area (Å²) in [6, 6.07) is 5.23. The van der Waals surface area contributed by atoms with E-state index in [0.29, 0.717) is 30.3 Å². The van der Waals surface area contributed by atoms with E-state index >= 15 is 0 Å². The summed E-state index contributed by atoms with van der Waals surface area (Å²) in [6.45, 7) is 5.31. The summed E-state index contributed by atoms with van der Waals surface area (Å²) >= 11 is 0. The summed E-state index contributed by atoms with van der Waals surface area (Å²) in [5.74, 6) is 0.231. The first-order chi connectivity index (χ1) is 7.15. The maximum atomic E-state index is 13.6. The minimum Gasteiger partial charge on any atom is -0.376 e. The van der Waals surface area contributed by atoms with E-state index in [1.54, 1.807) is 18.2 Å². The van der Waals surface area contributed by atoms with Gasteiger partial charge in [0.1, 0.15) is 5.82 Å². The molecule has 0 amide bonds. The first kappa shape index (κ1) is 12.1. The van der Waals surface area contributed by atoms with Crippen molar-refractivity contribution in [1.29, 1.82) is 0 Å². The largest absolute Gasteiger partial charge is 0.376 e. The van der Waals surface area contributed by atoms with E-state index in [0.717, 1.165) is 0 Å². The molecule has 0 atom stereocenters. The van der Waals surface area contributed by atoms with Crippen LogP contribution in [0, 0.1) is 11.7 Å². The molecular weight excluding hydrogens is 193 g/mol. The number of ether oxygens (including phenoxy) is 1. The Bertz CT molecular complexity index is 312. The standard InChI is InChI=1S/C12H18FNO/c1-9(2)7-15-8-11-5-3-4-10(6-14)12(11)13/h3-5,9H,6-8,14H2,1-2H3. The predicted molar refractivity (Wildman–Crippen MR) is 58.8 cm³/mol. The number of halogens is 1. The zero-order chi connectivity index (χ0) is 11.3. The van der Waals surface area contributed by atoms with Gasteiger partial charge in [0.25, 0.3) is 0 Å². The normalized spacial score (nSPS) is 11.0. The summed E-state index contributed by atoms with van der Waals surface area (Å²) in [6.07, 6.45) is 0. The molecule has 0 fully saturated rings. The lowest BCUT2D eigenvalue weighted by molar-refractivity contribution is 0.0949. The van der Waals surface area contributed by atoms with Gasteiger partial charge in [0.05, 0.1) is 6.61 Å². The Labute approximate surface area is 90.2 Å². The summed E-state index contributed by atoms with van der Waals surface area (Å²) in [4.78, 5) is 0. The molecule has 0 spiro atoms. The molecule has 0 saturated heterocycles. The first-order valence-electron chi connectivity index (χ1n) is 5.19. The Morgan fingerprint density at radius 2 is 2.00 bits per heavy atom. The van der Waals surface area contributed by atoms with Crippen LogP contribution in [0.2, 0.25) is 0 Å². The van der Waals surface area contributed by atoms with Crippen molar-refractivity contribution in [3.8, 4) is 0 Å². The zero-order valence-electron chi connectivity index (χ0n) is 9.29. The van der Waals surface area contributed by atoms with Gasteiger partial charge in [0.2, 0.25) is 0 Å². The van der Waals surface area contributed by atoms with Gasteiger partial charge in [-0.3, -0.25) is 0 Å². The van der Waals surface area contributed by atoms with Crippen molar-refractivity contribution < 1.29 is 9.13 Å². The van der Waals surface area contributed by atoms with Crippen LogP contribution in [0.25, 0.3) is 0 Å². The van der Waals surface area contributed by atoms with Crippen LogP contribution in [0.1, 0.15) is 25.0 Å². The van der Waals surface area contributed by atoms with Crippen molar-refractivity contribution in [2.75, 3.05) is 6.61 Å². The summed E-state index contributed by atoms with van der Waals surface area (Å²) in [5, 5.41) is 0. The smallest absolute Gasteiger partial charge is 0.133 e. The molecule has 0 aromatic heterocycles. The highest BCUT2D eigenvalue weighted by molar-refractivity contribution is 5.25. The molecule has 15 heavy (non-hydrogen) atoms. The van der Waals surface area contributed by atoms with E-state index in [1.807, 2.05) is 0 Å². The maximum absolute atomic E-state index is 13.6. The molecule has 0 aliphatic carbocycles. The van der Waals surface area contributed by atoms with Crippen LogP contribution in [0.3, 0.4) is 0 Å². The highest BCUT2D eigenvalue weighted by atomic mass is 19.1. The second kappa shape index (κ2) is 5.83. The van der Waals surface area contributed by atoms with Gasteiger partial charge in [-0.25, -0.2) is 4.39 Å². The zero-order valence-corrected chi connectivity index (χ0v) is 9.29. The number of nitrogens with two attached hydrogens (primary N) is 1. The quantitative estimate of drug-likeness (QED) is 0.812. The van der Waals surface area contributed by atoms with Gasteiger partial charge in [-0.15, -0.1) is 0 Å². The highest BCUT2D eigenvalue weighted by Gasteiger charge is 2.06. The Balaban J connectivity index is 2.61. The minimum atomic E-state index is -0.233. The van der Waals surface area contributed by atoms with Gasteiger partial charge in [0, 0.05) is 24.3 Å². The molecule has 0 aliphatic heterocycles. The van der Waals surface area contributed by atoms with Crippen molar-refractivity contribution >= 4 is 0 Å². The molecule has 3 heteroatoms. The molecule has 0 unspecified atom stereocenters. The lowest BCUT2D eigenvalue weighted by atomic mass is 10.1. The van der Waals surface area contributed by atoms with E-state index in [2.05, 4.69) is 13.8 Å². The SMILES string of the molecule is CC(C)COCc1cccc(CN)c1F. The molecular formula is C12H18FNO. The van der Waals surface area contributed by atoms with E-state index in [9.17, 15) is 4.39 Å². The van der Waals surface area contributed by atoms with Crippen molar-refractivity contribution in [1.82, 2.24) is 0 Å². The van der Waals surface area contributed by atoms with Crippen LogP contribution in [0.4, 0.5) is 4.39 Å². The fourth-order valence-corrected chi connectivity index (χ4v) is 1.31. The molecule has 84 valence electrons. The van der Waals surface area contributed by atoms with Crippen molar-refractivity contribution in [2.45, 2.75) is 27.0 Å². The van der Waals surface area contributed by atoms with E-state index in [4.69, 9.17) is 10.5 Å². The van der Waals surface area contributed by atoms with Crippen LogP contribution < -0.4 is 5.73 Å². The average Bonchev–Trinajstić information content (AvgIpc) is 2.20. The van der Waals surface area contributed by atoms with E-state index in [-0.39, 0.29) is 12.4 Å². The Morgan fingerprint density at radius 3 is 2.60 bits per heavy atom. The van der Waals surface area contributed by atoms with Crippen LogP contribution in [0.15, 0.2) is 18.2 Å². The second-order valence-electron chi connectivity index (χ2n) is 4.00. The lowest BCUT2D eigenvalue weighted by Crippen LogP contribution is -2.06. The van der Waals surface area contributed by atoms with Gasteiger partial charge in [-0.1, -0.05) is 32.0 Å².